The second-order valence-corrected chi connectivity index (χ2v) is 8.45. The van der Waals surface area contributed by atoms with Crippen molar-refractivity contribution < 1.29 is 32.2 Å². The number of hydrogen-bond acceptors (Lipinski definition) is 6. The number of nitrogens with one attached hydrogen (secondary N) is 1. The Labute approximate surface area is 179 Å². The summed E-state index contributed by atoms with van der Waals surface area (Å²) in [5.74, 6) is -1.78. The molecule has 1 aliphatic rings. The van der Waals surface area contributed by atoms with Crippen LogP contribution in [0, 0.1) is 5.82 Å². The summed E-state index contributed by atoms with van der Waals surface area (Å²) in [4.78, 5) is 26.5. The largest absolute Gasteiger partial charge is 0.478 e. The monoisotopic (exact) mass is 451 g/mol. The number of rotatable bonds is 6. The van der Waals surface area contributed by atoms with Gasteiger partial charge < -0.3 is 19.6 Å². The fraction of sp³-hybridized carbons (Fsp3) is 0.300. The maximum absolute atomic E-state index is 13.2. The minimum absolute atomic E-state index is 0.0776. The first-order chi connectivity index (χ1) is 14.7. The lowest BCUT2D eigenvalue weighted by Crippen LogP contribution is -2.49. The van der Waals surface area contributed by atoms with E-state index in [2.05, 4.69) is 4.72 Å². The highest BCUT2D eigenvalue weighted by atomic mass is 32.2. The molecular weight excluding hydrogens is 429 g/mol. The van der Waals surface area contributed by atoms with Crippen molar-refractivity contribution in [2.75, 3.05) is 42.4 Å². The number of hydrogen-bond donors (Lipinski definition) is 2. The van der Waals surface area contributed by atoms with Crippen LogP contribution in [0.1, 0.15) is 17.3 Å². The molecule has 0 radical (unpaired) electrons. The fourth-order valence-electron chi connectivity index (χ4n) is 3.19. The first-order valence-electron chi connectivity index (χ1n) is 9.53. The van der Waals surface area contributed by atoms with Gasteiger partial charge in [0.05, 0.1) is 28.4 Å². The van der Waals surface area contributed by atoms with E-state index in [0.29, 0.717) is 31.9 Å². The van der Waals surface area contributed by atoms with Crippen molar-refractivity contribution in [1.29, 1.82) is 0 Å². The van der Waals surface area contributed by atoms with Crippen LogP contribution in [-0.2, 0) is 14.8 Å². The number of carboxylic acids is 1. The molecule has 11 heteroatoms. The maximum Gasteiger partial charge on any atom is 0.409 e. The number of ether oxygens (including phenoxy) is 1. The van der Waals surface area contributed by atoms with Crippen LogP contribution in [-0.4, -0.2) is 63.3 Å². The van der Waals surface area contributed by atoms with E-state index in [1.165, 1.54) is 18.2 Å². The van der Waals surface area contributed by atoms with Crippen molar-refractivity contribution in [2.45, 2.75) is 11.8 Å². The summed E-state index contributed by atoms with van der Waals surface area (Å²) in [7, 11) is -4.09. The van der Waals surface area contributed by atoms with E-state index in [0.717, 1.165) is 24.3 Å². The molecule has 0 aromatic heterocycles. The molecule has 0 atom stereocenters. The van der Waals surface area contributed by atoms with Gasteiger partial charge in [-0.3, -0.25) is 4.72 Å². The molecule has 0 aliphatic carbocycles. The van der Waals surface area contributed by atoms with Gasteiger partial charge in [0.25, 0.3) is 10.0 Å². The summed E-state index contributed by atoms with van der Waals surface area (Å²) in [5, 5.41) is 9.31. The van der Waals surface area contributed by atoms with Gasteiger partial charge in [0, 0.05) is 26.2 Å². The Bertz CT molecular complexity index is 1070. The highest BCUT2D eigenvalue weighted by Gasteiger charge is 2.25. The Balaban J connectivity index is 1.87. The zero-order valence-electron chi connectivity index (χ0n) is 16.7. The number of halogens is 1. The number of benzene rings is 2. The molecule has 0 spiro atoms. The van der Waals surface area contributed by atoms with E-state index in [4.69, 9.17) is 4.74 Å². The summed E-state index contributed by atoms with van der Waals surface area (Å²) in [6.07, 6.45) is -0.416. The lowest BCUT2D eigenvalue weighted by Gasteiger charge is -2.36. The lowest BCUT2D eigenvalue weighted by molar-refractivity contribution is 0.0696. The van der Waals surface area contributed by atoms with Crippen molar-refractivity contribution >= 4 is 33.5 Å². The number of sulfonamides is 1. The third-order valence-electron chi connectivity index (χ3n) is 4.76. The Kier molecular flexibility index (Phi) is 6.64. The number of nitrogens with zero attached hydrogens (tertiary/aromatic N) is 2. The van der Waals surface area contributed by atoms with Crippen LogP contribution in [0.3, 0.4) is 0 Å². The van der Waals surface area contributed by atoms with E-state index in [1.54, 1.807) is 11.8 Å². The summed E-state index contributed by atoms with van der Waals surface area (Å²) < 4.78 is 46.1. The van der Waals surface area contributed by atoms with Crippen LogP contribution in [0.5, 0.6) is 0 Å². The third kappa shape index (κ3) is 5.23. The first-order valence-corrected chi connectivity index (χ1v) is 11.0. The predicted octanol–water partition coefficient (Wildman–Crippen LogP) is 2.60. The minimum Gasteiger partial charge on any atom is -0.478 e. The maximum atomic E-state index is 13.2. The summed E-state index contributed by atoms with van der Waals surface area (Å²) in [6.45, 7) is 3.52. The normalized spacial score (nSPS) is 14.3. The average molecular weight is 451 g/mol. The minimum atomic E-state index is -4.09. The lowest BCUT2D eigenvalue weighted by atomic mass is 10.1. The molecule has 2 aromatic carbocycles. The van der Waals surface area contributed by atoms with Crippen LogP contribution in [0.25, 0.3) is 0 Å². The van der Waals surface area contributed by atoms with Gasteiger partial charge in [-0.1, -0.05) is 0 Å². The van der Waals surface area contributed by atoms with Gasteiger partial charge in [-0.15, -0.1) is 0 Å². The third-order valence-corrected chi connectivity index (χ3v) is 6.14. The van der Waals surface area contributed by atoms with Gasteiger partial charge in [0.1, 0.15) is 5.82 Å². The van der Waals surface area contributed by atoms with Gasteiger partial charge in [-0.25, -0.2) is 22.4 Å². The van der Waals surface area contributed by atoms with E-state index in [1.807, 2.05) is 4.90 Å². The van der Waals surface area contributed by atoms with E-state index < -0.39 is 27.9 Å². The molecular formula is C20H22FN3O6S. The number of carboxylic acid groups (broad SMARTS) is 1. The molecule has 166 valence electrons. The number of carbonyl (C=O) groups is 2. The van der Waals surface area contributed by atoms with Crippen molar-refractivity contribution in [2.24, 2.45) is 0 Å². The van der Waals surface area contributed by atoms with Gasteiger partial charge >= 0.3 is 12.1 Å². The van der Waals surface area contributed by atoms with Crippen LogP contribution < -0.4 is 9.62 Å². The van der Waals surface area contributed by atoms with Gasteiger partial charge in [-0.2, -0.15) is 0 Å². The van der Waals surface area contributed by atoms with E-state index >= 15 is 0 Å². The molecule has 3 rings (SSSR count). The van der Waals surface area contributed by atoms with E-state index in [-0.39, 0.29) is 22.8 Å². The molecule has 1 heterocycles. The Morgan fingerprint density at radius 1 is 1.10 bits per heavy atom. The number of amides is 1. The molecule has 1 fully saturated rings. The number of carbonyl (C=O) groups excluding carboxylic acids is 1. The Morgan fingerprint density at radius 3 is 2.32 bits per heavy atom. The van der Waals surface area contributed by atoms with Crippen molar-refractivity contribution in [3.8, 4) is 0 Å². The molecule has 0 unspecified atom stereocenters. The number of piperazine rings is 1. The highest BCUT2D eigenvalue weighted by molar-refractivity contribution is 7.92. The van der Waals surface area contributed by atoms with Crippen molar-refractivity contribution in [3.63, 3.8) is 0 Å². The quantitative estimate of drug-likeness (QED) is 0.693. The molecule has 2 N–H and O–H groups in total. The fourth-order valence-corrected chi connectivity index (χ4v) is 4.25. The second kappa shape index (κ2) is 9.21. The zero-order valence-corrected chi connectivity index (χ0v) is 17.6. The Morgan fingerprint density at radius 2 is 1.74 bits per heavy atom. The Hall–Kier alpha value is -3.34. The smallest absolute Gasteiger partial charge is 0.409 e. The highest BCUT2D eigenvalue weighted by Crippen LogP contribution is 2.30. The molecule has 0 saturated carbocycles. The standard InChI is InChI=1S/C20H22FN3O6S/c1-2-30-20(27)24-11-9-23(10-12-24)18-8-3-14(19(25)26)13-17(18)22-31(28,29)16-6-4-15(21)5-7-16/h3-8,13,22H,2,9-12H2,1H3,(H,25,26). The van der Waals surface area contributed by atoms with Gasteiger partial charge in [-0.05, 0) is 49.4 Å². The molecule has 9 nitrogen and oxygen atoms in total. The summed E-state index contributed by atoms with van der Waals surface area (Å²) >= 11 is 0. The molecule has 1 amide bonds. The summed E-state index contributed by atoms with van der Waals surface area (Å²) in [6, 6.07) is 8.43. The number of anilines is 2. The van der Waals surface area contributed by atoms with E-state index in [9.17, 15) is 27.5 Å². The molecule has 2 aromatic rings. The SMILES string of the molecule is CCOC(=O)N1CCN(c2ccc(C(=O)O)cc2NS(=O)(=O)c2ccc(F)cc2)CC1. The predicted molar refractivity (Wildman–Crippen MR) is 111 cm³/mol. The first kappa shape index (κ1) is 22.3. The van der Waals surface area contributed by atoms with Gasteiger partial charge in [0.2, 0.25) is 0 Å². The van der Waals surface area contributed by atoms with Crippen LogP contribution in [0.4, 0.5) is 20.6 Å². The second-order valence-electron chi connectivity index (χ2n) is 6.77. The van der Waals surface area contributed by atoms with Crippen LogP contribution in [0.15, 0.2) is 47.4 Å². The van der Waals surface area contributed by atoms with Crippen molar-refractivity contribution in [1.82, 2.24) is 4.90 Å². The molecule has 1 saturated heterocycles. The van der Waals surface area contributed by atoms with Crippen LogP contribution >= 0.6 is 0 Å². The van der Waals surface area contributed by atoms with Crippen LogP contribution in [0.2, 0.25) is 0 Å². The van der Waals surface area contributed by atoms with Gasteiger partial charge in [0.15, 0.2) is 0 Å². The zero-order chi connectivity index (χ0) is 22.6. The molecule has 31 heavy (non-hydrogen) atoms. The summed E-state index contributed by atoms with van der Waals surface area (Å²) in [5.41, 5.74) is 0.457. The topological polar surface area (TPSA) is 116 Å². The van der Waals surface area contributed by atoms with Crippen molar-refractivity contribution in [3.05, 3.63) is 53.8 Å². The average Bonchev–Trinajstić information content (AvgIpc) is 2.74. The number of aromatic carboxylic acids is 1. The molecule has 1 aliphatic heterocycles. The molecule has 0 bridgehead atoms.